The van der Waals surface area contributed by atoms with Crippen LogP contribution in [0.3, 0.4) is 0 Å². The van der Waals surface area contributed by atoms with E-state index in [-0.39, 0.29) is 5.91 Å². The number of thiazole rings is 1. The Balaban J connectivity index is 1.66. The molecule has 0 saturated carbocycles. The average Bonchev–Trinajstić information content (AvgIpc) is 3.13. The molecule has 1 saturated heterocycles. The van der Waals surface area contributed by atoms with Gasteiger partial charge in [-0.1, -0.05) is 5.16 Å². The molecule has 5 nitrogen and oxygen atoms in total. The third-order valence-corrected chi connectivity index (χ3v) is 4.57. The van der Waals surface area contributed by atoms with E-state index >= 15 is 0 Å². The smallest absolute Gasteiger partial charge is 0.259 e. The first-order chi connectivity index (χ1) is 9.65. The molecule has 0 N–H and O–H groups in total. The number of rotatable bonds is 3. The van der Waals surface area contributed by atoms with Gasteiger partial charge in [-0.3, -0.25) is 4.79 Å². The van der Waals surface area contributed by atoms with E-state index in [0.29, 0.717) is 22.9 Å². The number of nitrogens with zero attached hydrogens (tertiary/aromatic N) is 3. The van der Waals surface area contributed by atoms with E-state index in [0.717, 1.165) is 30.9 Å². The van der Waals surface area contributed by atoms with Gasteiger partial charge in [-0.25, -0.2) is 4.98 Å². The number of aromatic nitrogens is 2. The van der Waals surface area contributed by atoms with E-state index in [1.165, 1.54) is 0 Å². The van der Waals surface area contributed by atoms with Crippen molar-refractivity contribution in [3.05, 3.63) is 33.6 Å². The van der Waals surface area contributed by atoms with Crippen LogP contribution in [-0.4, -0.2) is 34.0 Å². The Labute approximate surface area is 121 Å². The number of hydrogen-bond acceptors (Lipinski definition) is 5. The second-order valence-corrected chi connectivity index (χ2v) is 6.21. The minimum atomic E-state index is 0.0443. The van der Waals surface area contributed by atoms with Gasteiger partial charge in [0.15, 0.2) is 0 Å². The zero-order valence-electron chi connectivity index (χ0n) is 11.6. The second-order valence-electron chi connectivity index (χ2n) is 5.24. The first kappa shape index (κ1) is 13.3. The minimum Gasteiger partial charge on any atom is -0.361 e. The molecule has 6 heteroatoms. The van der Waals surface area contributed by atoms with E-state index in [4.69, 9.17) is 4.52 Å². The molecular weight excluding hydrogens is 274 g/mol. The molecule has 2 aromatic rings. The van der Waals surface area contributed by atoms with Gasteiger partial charge in [0.25, 0.3) is 5.91 Å². The van der Waals surface area contributed by atoms with Crippen molar-refractivity contribution in [3.8, 4) is 0 Å². The lowest BCUT2D eigenvalue weighted by Gasteiger charge is -2.16. The van der Waals surface area contributed by atoms with Crippen molar-refractivity contribution in [2.75, 3.05) is 13.1 Å². The summed E-state index contributed by atoms with van der Waals surface area (Å²) in [7, 11) is 0. The van der Waals surface area contributed by atoms with E-state index in [1.54, 1.807) is 18.3 Å². The van der Waals surface area contributed by atoms with Crippen molar-refractivity contribution in [2.24, 2.45) is 5.92 Å². The molecule has 20 heavy (non-hydrogen) atoms. The van der Waals surface area contributed by atoms with Crippen LogP contribution in [0.5, 0.6) is 0 Å². The fourth-order valence-electron chi connectivity index (χ4n) is 2.73. The van der Waals surface area contributed by atoms with Crippen molar-refractivity contribution < 1.29 is 9.32 Å². The molecule has 1 aliphatic heterocycles. The lowest BCUT2D eigenvalue weighted by atomic mass is 10.1. The molecule has 3 heterocycles. The van der Waals surface area contributed by atoms with Gasteiger partial charge in [0.2, 0.25) is 0 Å². The van der Waals surface area contributed by atoms with Crippen LogP contribution < -0.4 is 0 Å². The monoisotopic (exact) mass is 291 g/mol. The van der Waals surface area contributed by atoms with Crippen molar-refractivity contribution in [2.45, 2.75) is 26.7 Å². The summed E-state index contributed by atoms with van der Waals surface area (Å²) < 4.78 is 5.08. The maximum Gasteiger partial charge on any atom is 0.259 e. The summed E-state index contributed by atoms with van der Waals surface area (Å²) in [4.78, 5) is 18.7. The highest BCUT2D eigenvalue weighted by atomic mass is 32.1. The molecule has 106 valence electrons. The number of carbonyl (C=O) groups is 1. The Hall–Kier alpha value is -1.69. The largest absolute Gasteiger partial charge is 0.361 e. The molecule has 1 fully saturated rings. The highest BCUT2D eigenvalue weighted by Crippen LogP contribution is 2.24. The van der Waals surface area contributed by atoms with Crippen molar-refractivity contribution in [3.63, 3.8) is 0 Å². The summed E-state index contributed by atoms with van der Waals surface area (Å²) in [5.41, 5.74) is 1.30. The number of carbonyl (C=O) groups excluding carboxylic acids is 1. The maximum absolute atomic E-state index is 12.5. The van der Waals surface area contributed by atoms with Crippen LogP contribution in [0.4, 0.5) is 0 Å². The first-order valence-corrected chi connectivity index (χ1v) is 7.63. The standard InChI is InChI=1S/C14H17N3O2S/c1-9-13(10(2)19-16-9)14(18)17-5-3-11(8-17)7-12-15-4-6-20-12/h4,6,11H,3,5,7-8H2,1-2H3. The van der Waals surface area contributed by atoms with Gasteiger partial charge >= 0.3 is 0 Å². The third kappa shape index (κ3) is 2.47. The minimum absolute atomic E-state index is 0.0443. The molecular formula is C14H17N3O2S. The number of hydrogen-bond donors (Lipinski definition) is 0. The van der Waals surface area contributed by atoms with E-state index in [2.05, 4.69) is 10.1 Å². The Morgan fingerprint density at radius 3 is 3.05 bits per heavy atom. The molecule has 3 rings (SSSR count). The number of amides is 1. The fraction of sp³-hybridized carbons (Fsp3) is 0.500. The van der Waals surface area contributed by atoms with Gasteiger partial charge in [-0.2, -0.15) is 0 Å². The molecule has 0 spiro atoms. The highest BCUT2D eigenvalue weighted by Gasteiger charge is 2.30. The summed E-state index contributed by atoms with van der Waals surface area (Å²) in [5.74, 6) is 1.16. The van der Waals surface area contributed by atoms with Crippen LogP contribution >= 0.6 is 11.3 Å². The second kappa shape index (κ2) is 5.36. The average molecular weight is 291 g/mol. The van der Waals surface area contributed by atoms with Crippen molar-refractivity contribution >= 4 is 17.2 Å². The molecule has 0 bridgehead atoms. The zero-order chi connectivity index (χ0) is 14.1. The predicted octanol–water partition coefficient (Wildman–Crippen LogP) is 2.45. The van der Waals surface area contributed by atoms with E-state index in [1.807, 2.05) is 23.4 Å². The van der Waals surface area contributed by atoms with E-state index < -0.39 is 0 Å². The Morgan fingerprint density at radius 2 is 2.40 bits per heavy atom. The van der Waals surface area contributed by atoms with E-state index in [9.17, 15) is 4.79 Å². The van der Waals surface area contributed by atoms with Crippen LogP contribution in [0, 0.1) is 19.8 Å². The number of likely N-dealkylation sites (tertiary alicyclic amines) is 1. The van der Waals surface area contributed by atoms with Crippen LogP contribution in [0.1, 0.15) is 33.2 Å². The summed E-state index contributed by atoms with van der Waals surface area (Å²) in [6, 6.07) is 0. The Morgan fingerprint density at radius 1 is 1.55 bits per heavy atom. The van der Waals surface area contributed by atoms with Crippen LogP contribution in [0.15, 0.2) is 16.1 Å². The molecule has 0 radical (unpaired) electrons. The lowest BCUT2D eigenvalue weighted by Crippen LogP contribution is -2.29. The first-order valence-electron chi connectivity index (χ1n) is 6.75. The van der Waals surface area contributed by atoms with Gasteiger partial charge in [0.1, 0.15) is 11.3 Å². The lowest BCUT2D eigenvalue weighted by molar-refractivity contribution is 0.0784. The molecule has 0 aromatic carbocycles. The van der Waals surface area contributed by atoms with Crippen molar-refractivity contribution in [1.29, 1.82) is 0 Å². The van der Waals surface area contributed by atoms with Gasteiger partial charge < -0.3 is 9.42 Å². The molecule has 1 atom stereocenters. The fourth-order valence-corrected chi connectivity index (χ4v) is 3.46. The van der Waals surface area contributed by atoms with Crippen LogP contribution in [0.2, 0.25) is 0 Å². The molecule has 2 aromatic heterocycles. The summed E-state index contributed by atoms with van der Waals surface area (Å²) >= 11 is 1.68. The van der Waals surface area contributed by atoms with Gasteiger partial charge in [0.05, 0.1) is 10.7 Å². The highest BCUT2D eigenvalue weighted by molar-refractivity contribution is 7.09. The third-order valence-electron chi connectivity index (χ3n) is 3.77. The topological polar surface area (TPSA) is 59.2 Å². The van der Waals surface area contributed by atoms with Crippen LogP contribution in [0.25, 0.3) is 0 Å². The molecule has 0 aliphatic carbocycles. The SMILES string of the molecule is Cc1noc(C)c1C(=O)N1CCC(Cc2nccs2)C1. The van der Waals surface area contributed by atoms with Crippen molar-refractivity contribution in [1.82, 2.24) is 15.0 Å². The predicted molar refractivity (Wildman–Crippen MR) is 75.8 cm³/mol. The molecule has 1 amide bonds. The van der Waals surface area contributed by atoms with Gasteiger partial charge in [0, 0.05) is 31.1 Å². The van der Waals surface area contributed by atoms with Gasteiger partial charge in [-0.05, 0) is 26.2 Å². The maximum atomic E-state index is 12.5. The van der Waals surface area contributed by atoms with Gasteiger partial charge in [-0.15, -0.1) is 11.3 Å². The molecule has 1 unspecified atom stereocenters. The van der Waals surface area contributed by atoms with Crippen LogP contribution in [-0.2, 0) is 6.42 Å². The zero-order valence-corrected chi connectivity index (χ0v) is 12.4. The summed E-state index contributed by atoms with van der Waals surface area (Å²) in [5, 5.41) is 7.01. The summed E-state index contributed by atoms with van der Waals surface area (Å²) in [6.45, 7) is 5.20. The normalized spacial score (nSPS) is 18.7. The Kier molecular flexibility index (Phi) is 3.56. The summed E-state index contributed by atoms with van der Waals surface area (Å²) in [6.07, 6.45) is 3.83. The quantitative estimate of drug-likeness (QED) is 0.871. The molecule has 1 aliphatic rings. The Bertz CT molecular complexity index is 586. The number of aryl methyl sites for hydroxylation is 2.